The van der Waals surface area contributed by atoms with E-state index in [1.807, 2.05) is 25.4 Å². The van der Waals surface area contributed by atoms with Crippen LogP contribution in [0.25, 0.3) is 0 Å². The number of hydrogen-bond acceptors (Lipinski definition) is 4. The molecule has 0 fully saturated rings. The fourth-order valence-corrected chi connectivity index (χ4v) is 3.53. The zero-order valence-corrected chi connectivity index (χ0v) is 14.2. The van der Waals surface area contributed by atoms with Gasteiger partial charge in [0.25, 0.3) is 5.56 Å². The molecule has 0 unspecified atom stereocenters. The van der Waals surface area contributed by atoms with Gasteiger partial charge in [0, 0.05) is 19.4 Å². The van der Waals surface area contributed by atoms with Gasteiger partial charge in [0.2, 0.25) is 5.91 Å². The molecule has 1 atom stereocenters. The molecule has 0 saturated carbocycles. The van der Waals surface area contributed by atoms with Gasteiger partial charge in [-0.1, -0.05) is 43.0 Å². The van der Waals surface area contributed by atoms with Gasteiger partial charge >= 0.3 is 0 Å². The predicted octanol–water partition coefficient (Wildman–Crippen LogP) is 2.54. The largest absolute Gasteiger partial charge is 0.312 e. The van der Waals surface area contributed by atoms with Gasteiger partial charge in [0.15, 0.2) is 5.16 Å². The number of benzene rings is 1. The van der Waals surface area contributed by atoms with Crippen LogP contribution in [0.15, 0.2) is 34.2 Å². The van der Waals surface area contributed by atoms with Crippen LogP contribution >= 0.6 is 11.8 Å². The second-order valence-corrected chi connectivity index (χ2v) is 6.40. The molecule has 1 aromatic carbocycles. The lowest BCUT2D eigenvalue weighted by molar-refractivity contribution is -0.116. The second-order valence-electron chi connectivity index (χ2n) is 5.62. The topological polar surface area (TPSA) is 64.0 Å². The number of anilines is 1. The van der Waals surface area contributed by atoms with Gasteiger partial charge < -0.3 is 9.88 Å². The Labute approximate surface area is 139 Å². The van der Waals surface area contributed by atoms with E-state index in [0.29, 0.717) is 16.5 Å². The Morgan fingerprint density at radius 1 is 1.30 bits per heavy atom. The van der Waals surface area contributed by atoms with Gasteiger partial charge in [0.1, 0.15) is 5.82 Å². The first-order valence-electron chi connectivity index (χ1n) is 7.58. The zero-order valence-electron chi connectivity index (χ0n) is 13.4. The van der Waals surface area contributed by atoms with Crippen molar-refractivity contribution in [3.63, 3.8) is 0 Å². The van der Waals surface area contributed by atoms with Gasteiger partial charge in [0.05, 0.1) is 5.56 Å². The molecule has 0 bridgehead atoms. The molecule has 0 spiro atoms. The van der Waals surface area contributed by atoms with Crippen molar-refractivity contribution in [2.24, 2.45) is 7.05 Å². The molecule has 1 aliphatic rings. The van der Waals surface area contributed by atoms with Gasteiger partial charge in [-0.15, -0.1) is 0 Å². The highest BCUT2D eigenvalue weighted by Crippen LogP contribution is 2.35. The Morgan fingerprint density at radius 3 is 2.61 bits per heavy atom. The molecular formula is C17H19N3O2S. The Bertz CT molecular complexity index is 812. The lowest BCUT2D eigenvalue weighted by Gasteiger charge is -2.27. The summed E-state index contributed by atoms with van der Waals surface area (Å²) in [6, 6.07) is 8.12. The molecule has 0 saturated heterocycles. The number of carbonyl (C=O) groups is 1. The molecule has 1 amide bonds. The summed E-state index contributed by atoms with van der Waals surface area (Å²) in [5.41, 5.74) is 2.54. The van der Waals surface area contributed by atoms with Crippen LogP contribution in [0, 0.1) is 0 Å². The monoisotopic (exact) mass is 329 g/mol. The van der Waals surface area contributed by atoms with Crippen molar-refractivity contribution in [1.29, 1.82) is 0 Å². The predicted molar refractivity (Wildman–Crippen MR) is 92.2 cm³/mol. The Hall–Kier alpha value is -2.08. The molecule has 6 heteroatoms. The highest BCUT2D eigenvalue weighted by atomic mass is 32.2. The average molecular weight is 329 g/mol. The number of carbonyl (C=O) groups excluding carboxylic acids is 1. The number of rotatable bonds is 3. The first-order chi connectivity index (χ1) is 11.0. The minimum absolute atomic E-state index is 0.0738. The summed E-state index contributed by atoms with van der Waals surface area (Å²) < 4.78 is 1.78. The van der Waals surface area contributed by atoms with E-state index < -0.39 is 0 Å². The number of nitrogens with one attached hydrogen (secondary N) is 1. The van der Waals surface area contributed by atoms with Crippen molar-refractivity contribution in [1.82, 2.24) is 9.55 Å². The fourth-order valence-electron chi connectivity index (χ4n) is 2.99. The molecule has 0 aliphatic carbocycles. The number of aryl methyl sites for hydroxylation is 1. The lowest BCUT2D eigenvalue weighted by atomic mass is 9.86. The van der Waals surface area contributed by atoms with Crippen LogP contribution in [0.1, 0.15) is 36.0 Å². The Morgan fingerprint density at radius 2 is 2.00 bits per heavy atom. The Kier molecular flexibility index (Phi) is 4.26. The van der Waals surface area contributed by atoms with Crippen LogP contribution in [0.5, 0.6) is 0 Å². The Balaban J connectivity index is 2.16. The molecule has 2 heterocycles. The standard InChI is InChI=1S/C17H19N3O2S/c1-4-10-5-7-11(8-6-10)12-9-13(21)18-15-14(12)16(22)19-17(23-3)20(15)2/h5-8,12H,4,9H2,1-3H3,(H,18,21)/t12-/m1/s1. The van der Waals surface area contributed by atoms with E-state index in [1.165, 1.54) is 17.3 Å². The highest BCUT2D eigenvalue weighted by Gasteiger charge is 2.31. The van der Waals surface area contributed by atoms with Crippen LogP contribution < -0.4 is 10.9 Å². The van der Waals surface area contributed by atoms with Crippen LogP contribution in [-0.2, 0) is 18.3 Å². The normalized spacial score (nSPS) is 16.8. The number of thioether (sulfide) groups is 1. The van der Waals surface area contributed by atoms with E-state index in [4.69, 9.17) is 0 Å². The first kappa shape index (κ1) is 15.8. The molecule has 23 heavy (non-hydrogen) atoms. The zero-order chi connectivity index (χ0) is 16.6. The summed E-state index contributed by atoms with van der Waals surface area (Å²) in [7, 11) is 1.82. The van der Waals surface area contributed by atoms with Crippen LogP contribution in [0.2, 0.25) is 0 Å². The maximum absolute atomic E-state index is 12.5. The van der Waals surface area contributed by atoms with Crippen LogP contribution in [0.4, 0.5) is 5.82 Å². The SMILES string of the molecule is CCc1ccc([C@H]2CC(=O)Nc3c2c(=O)nc(SC)n3C)cc1. The van der Waals surface area contributed by atoms with E-state index in [2.05, 4.69) is 29.4 Å². The van der Waals surface area contributed by atoms with E-state index in [-0.39, 0.29) is 23.8 Å². The van der Waals surface area contributed by atoms with Crippen LogP contribution in [0.3, 0.4) is 0 Å². The summed E-state index contributed by atoms with van der Waals surface area (Å²) in [6.45, 7) is 2.10. The third-order valence-corrected chi connectivity index (χ3v) is 5.00. The number of amides is 1. The molecule has 2 aromatic rings. The van der Waals surface area contributed by atoms with Crippen molar-refractivity contribution < 1.29 is 4.79 Å². The van der Waals surface area contributed by atoms with E-state index in [9.17, 15) is 9.59 Å². The van der Waals surface area contributed by atoms with Crippen molar-refractivity contribution in [3.05, 3.63) is 51.3 Å². The molecular weight excluding hydrogens is 310 g/mol. The average Bonchev–Trinajstić information content (AvgIpc) is 2.57. The maximum Gasteiger partial charge on any atom is 0.279 e. The van der Waals surface area contributed by atoms with E-state index in [0.717, 1.165) is 12.0 Å². The molecule has 1 aromatic heterocycles. The minimum Gasteiger partial charge on any atom is -0.312 e. The van der Waals surface area contributed by atoms with Gasteiger partial charge in [-0.3, -0.25) is 9.59 Å². The molecule has 120 valence electrons. The molecule has 3 rings (SSSR count). The highest BCUT2D eigenvalue weighted by molar-refractivity contribution is 7.98. The second kappa shape index (κ2) is 6.20. The fraction of sp³-hybridized carbons (Fsp3) is 0.353. The lowest BCUT2D eigenvalue weighted by Crippen LogP contribution is -2.33. The van der Waals surface area contributed by atoms with Gasteiger partial charge in [-0.05, 0) is 23.8 Å². The number of fused-ring (bicyclic) bond motifs is 1. The van der Waals surface area contributed by atoms with Crippen molar-refractivity contribution >= 4 is 23.5 Å². The summed E-state index contributed by atoms with van der Waals surface area (Å²) in [5.74, 6) is 0.247. The molecule has 1 N–H and O–H groups in total. The minimum atomic E-state index is -0.257. The van der Waals surface area contributed by atoms with Crippen molar-refractivity contribution in [3.8, 4) is 0 Å². The number of hydrogen-bond donors (Lipinski definition) is 1. The third kappa shape index (κ3) is 2.79. The van der Waals surface area contributed by atoms with Gasteiger partial charge in [-0.2, -0.15) is 4.98 Å². The summed E-state index contributed by atoms with van der Waals surface area (Å²) >= 11 is 1.39. The maximum atomic E-state index is 12.5. The first-order valence-corrected chi connectivity index (χ1v) is 8.81. The van der Waals surface area contributed by atoms with Crippen molar-refractivity contribution in [2.75, 3.05) is 11.6 Å². The van der Waals surface area contributed by atoms with E-state index in [1.54, 1.807) is 4.57 Å². The molecule has 1 aliphatic heterocycles. The van der Waals surface area contributed by atoms with Crippen LogP contribution in [-0.4, -0.2) is 21.7 Å². The van der Waals surface area contributed by atoms with E-state index >= 15 is 0 Å². The quantitative estimate of drug-likeness (QED) is 0.694. The number of nitrogens with zero attached hydrogens (tertiary/aromatic N) is 2. The molecule has 0 radical (unpaired) electrons. The summed E-state index contributed by atoms with van der Waals surface area (Å²) in [6.07, 6.45) is 3.09. The summed E-state index contributed by atoms with van der Waals surface area (Å²) in [4.78, 5) is 28.8. The number of aromatic nitrogens is 2. The van der Waals surface area contributed by atoms with Gasteiger partial charge in [-0.25, -0.2) is 0 Å². The summed E-state index contributed by atoms with van der Waals surface area (Å²) in [5, 5.41) is 3.43. The third-order valence-electron chi connectivity index (χ3n) is 4.27. The molecule has 5 nitrogen and oxygen atoms in total. The van der Waals surface area contributed by atoms with Crippen molar-refractivity contribution in [2.45, 2.75) is 30.8 Å². The smallest absolute Gasteiger partial charge is 0.279 e.